The van der Waals surface area contributed by atoms with Gasteiger partial charge in [-0.3, -0.25) is 0 Å². The smallest absolute Gasteiger partial charge is 0.0948 e. The van der Waals surface area contributed by atoms with E-state index in [1.54, 1.807) is 11.3 Å². The van der Waals surface area contributed by atoms with Crippen molar-refractivity contribution in [1.82, 2.24) is 10.3 Å². The van der Waals surface area contributed by atoms with Crippen molar-refractivity contribution in [1.29, 1.82) is 0 Å². The van der Waals surface area contributed by atoms with E-state index in [-0.39, 0.29) is 0 Å². The van der Waals surface area contributed by atoms with Gasteiger partial charge in [-0.2, -0.15) is 0 Å². The maximum Gasteiger partial charge on any atom is 0.0948 e. The highest BCUT2D eigenvalue weighted by atomic mass is 32.1. The van der Waals surface area contributed by atoms with Crippen LogP contribution in [0.2, 0.25) is 0 Å². The second-order valence-corrected chi connectivity index (χ2v) is 6.08. The Morgan fingerprint density at radius 1 is 1.15 bits per heavy atom. The van der Waals surface area contributed by atoms with Crippen molar-refractivity contribution in [3.8, 4) is 11.3 Å². The van der Waals surface area contributed by atoms with Crippen molar-refractivity contribution in [2.24, 2.45) is 0 Å². The van der Waals surface area contributed by atoms with Gasteiger partial charge in [0.15, 0.2) is 0 Å². The summed E-state index contributed by atoms with van der Waals surface area (Å²) in [6.45, 7) is 5.56. The lowest BCUT2D eigenvalue weighted by Gasteiger charge is -2.16. The molecule has 0 aliphatic heterocycles. The molecule has 0 aliphatic rings. The van der Waals surface area contributed by atoms with Crippen LogP contribution in [-0.4, -0.2) is 17.6 Å². The van der Waals surface area contributed by atoms with Crippen LogP contribution in [0.3, 0.4) is 0 Å². The van der Waals surface area contributed by atoms with Crippen LogP contribution in [0.5, 0.6) is 0 Å². The molecule has 1 unspecified atom stereocenters. The molecule has 20 heavy (non-hydrogen) atoms. The largest absolute Gasteiger partial charge is 0.314 e. The third kappa shape index (κ3) is 4.43. The first-order valence-electron chi connectivity index (χ1n) is 7.56. The minimum atomic E-state index is 0.565. The van der Waals surface area contributed by atoms with E-state index < -0.39 is 0 Å². The quantitative estimate of drug-likeness (QED) is 0.772. The molecule has 0 saturated heterocycles. The van der Waals surface area contributed by atoms with Crippen molar-refractivity contribution in [3.63, 3.8) is 0 Å². The van der Waals surface area contributed by atoms with Gasteiger partial charge in [-0.05, 0) is 19.4 Å². The molecule has 1 heterocycles. The van der Waals surface area contributed by atoms with Gasteiger partial charge in [0.05, 0.1) is 10.7 Å². The van der Waals surface area contributed by atoms with Gasteiger partial charge in [-0.25, -0.2) is 4.98 Å². The number of rotatable bonds is 8. The second kappa shape index (κ2) is 8.18. The summed E-state index contributed by atoms with van der Waals surface area (Å²) in [6.07, 6.45) is 4.68. The number of aromatic nitrogens is 1. The maximum absolute atomic E-state index is 4.79. The van der Waals surface area contributed by atoms with Gasteiger partial charge in [0.25, 0.3) is 0 Å². The van der Waals surface area contributed by atoms with Crippen molar-refractivity contribution in [2.75, 3.05) is 6.54 Å². The van der Waals surface area contributed by atoms with Gasteiger partial charge in [-0.15, -0.1) is 11.3 Å². The molecule has 0 radical (unpaired) electrons. The lowest BCUT2D eigenvalue weighted by Crippen LogP contribution is -2.31. The predicted molar refractivity (Wildman–Crippen MR) is 88.2 cm³/mol. The number of thiazole rings is 1. The molecule has 2 rings (SSSR count). The summed E-state index contributed by atoms with van der Waals surface area (Å²) in [5, 5.41) is 7.05. The van der Waals surface area contributed by atoms with E-state index in [2.05, 4.69) is 48.8 Å². The number of hydrogen-bond donors (Lipinski definition) is 1. The molecule has 0 amide bonds. The van der Waals surface area contributed by atoms with Gasteiger partial charge in [0.1, 0.15) is 0 Å². The lowest BCUT2D eigenvalue weighted by molar-refractivity contribution is 0.472. The van der Waals surface area contributed by atoms with Gasteiger partial charge in [-0.1, -0.05) is 50.6 Å². The van der Waals surface area contributed by atoms with Crippen LogP contribution >= 0.6 is 11.3 Å². The maximum atomic E-state index is 4.79. The van der Waals surface area contributed by atoms with E-state index in [1.165, 1.54) is 29.8 Å². The van der Waals surface area contributed by atoms with Crippen LogP contribution in [0.4, 0.5) is 0 Å². The molecule has 1 N–H and O–H groups in total. The Hall–Kier alpha value is -1.19. The molecular formula is C17H24N2S. The highest BCUT2D eigenvalue weighted by molar-refractivity contribution is 7.09. The van der Waals surface area contributed by atoms with E-state index >= 15 is 0 Å². The molecule has 0 saturated carbocycles. The molecule has 1 aromatic carbocycles. The minimum absolute atomic E-state index is 0.565. The van der Waals surface area contributed by atoms with Gasteiger partial charge >= 0.3 is 0 Å². The van der Waals surface area contributed by atoms with Crippen molar-refractivity contribution < 1.29 is 0 Å². The molecule has 2 nitrogen and oxygen atoms in total. The van der Waals surface area contributed by atoms with E-state index in [1.807, 2.05) is 6.07 Å². The summed E-state index contributed by atoms with van der Waals surface area (Å²) in [5.74, 6) is 0. The van der Waals surface area contributed by atoms with Crippen LogP contribution in [0, 0.1) is 0 Å². The zero-order valence-corrected chi connectivity index (χ0v) is 13.2. The number of nitrogens with one attached hydrogen (secondary N) is 1. The van der Waals surface area contributed by atoms with Crippen LogP contribution in [-0.2, 0) is 6.42 Å². The third-order valence-electron chi connectivity index (χ3n) is 3.36. The zero-order chi connectivity index (χ0) is 14.2. The molecule has 3 heteroatoms. The predicted octanol–water partition coefficient (Wildman–Crippen LogP) is 4.52. The third-order valence-corrected chi connectivity index (χ3v) is 4.23. The van der Waals surface area contributed by atoms with Crippen molar-refractivity contribution in [2.45, 2.75) is 45.6 Å². The Morgan fingerprint density at radius 2 is 1.95 bits per heavy atom. The average molecular weight is 288 g/mol. The fourth-order valence-electron chi connectivity index (χ4n) is 2.33. The first kappa shape index (κ1) is 15.2. The Bertz CT molecular complexity index is 493. The molecule has 1 aromatic heterocycles. The fraction of sp³-hybridized carbons (Fsp3) is 0.471. The molecule has 2 aromatic rings. The standard InChI is InChI=1S/C17H24N2S/c1-3-8-15(18-11-4-2)12-17-19-16(13-20-17)14-9-6-5-7-10-14/h5-7,9-10,13,15,18H,3-4,8,11-12H2,1-2H3. The monoisotopic (exact) mass is 288 g/mol. The number of hydrogen-bond acceptors (Lipinski definition) is 3. The Balaban J connectivity index is 2.00. The Labute approximate surface area is 126 Å². The summed E-state index contributed by atoms with van der Waals surface area (Å²) in [6, 6.07) is 11.0. The summed E-state index contributed by atoms with van der Waals surface area (Å²) in [5.41, 5.74) is 2.32. The number of benzene rings is 1. The van der Waals surface area contributed by atoms with E-state index in [4.69, 9.17) is 4.98 Å². The highest BCUT2D eigenvalue weighted by Crippen LogP contribution is 2.22. The normalized spacial score (nSPS) is 12.5. The lowest BCUT2D eigenvalue weighted by atomic mass is 10.1. The van der Waals surface area contributed by atoms with Crippen LogP contribution in [0.1, 0.15) is 38.1 Å². The zero-order valence-electron chi connectivity index (χ0n) is 12.4. The van der Waals surface area contributed by atoms with E-state index in [9.17, 15) is 0 Å². The summed E-state index contributed by atoms with van der Waals surface area (Å²) >= 11 is 1.78. The fourth-order valence-corrected chi connectivity index (χ4v) is 3.22. The molecule has 1 atom stereocenters. The topological polar surface area (TPSA) is 24.9 Å². The molecule has 0 bridgehead atoms. The molecule has 108 valence electrons. The molecular weight excluding hydrogens is 264 g/mol. The summed E-state index contributed by atoms with van der Waals surface area (Å²) < 4.78 is 0. The molecule has 0 fully saturated rings. The van der Waals surface area contributed by atoms with Gasteiger partial charge in [0.2, 0.25) is 0 Å². The van der Waals surface area contributed by atoms with Crippen LogP contribution < -0.4 is 5.32 Å². The van der Waals surface area contributed by atoms with Crippen molar-refractivity contribution >= 4 is 11.3 Å². The van der Waals surface area contributed by atoms with Crippen molar-refractivity contribution in [3.05, 3.63) is 40.7 Å². The van der Waals surface area contributed by atoms with Gasteiger partial charge < -0.3 is 5.32 Å². The molecule has 0 spiro atoms. The van der Waals surface area contributed by atoms with E-state index in [0.717, 1.165) is 18.7 Å². The molecule has 0 aliphatic carbocycles. The first-order chi connectivity index (χ1) is 9.83. The van der Waals surface area contributed by atoms with Crippen LogP contribution in [0.25, 0.3) is 11.3 Å². The summed E-state index contributed by atoms with van der Waals surface area (Å²) in [4.78, 5) is 4.79. The van der Waals surface area contributed by atoms with Gasteiger partial charge in [0, 0.05) is 23.4 Å². The second-order valence-electron chi connectivity index (χ2n) is 5.14. The number of nitrogens with zero attached hydrogens (tertiary/aromatic N) is 1. The van der Waals surface area contributed by atoms with E-state index in [0.29, 0.717) is 6.04 Å². The first-order valence-corrected chi connectivity index (χ1v) is 8.44. The minimum Gasteiger partial charge on any atom is -0.314 e. The Morgan fingerprint density at radius 3 is 2.65 bits per heavy atom. The van der Waals surface area contributed by atoms with Crippen LogP contribution in [0.15, 0.2) is 35.7 Å². The Kier molecular flexibility index (Phi) is 6.22. The SMILES string of the molecule is CCCNC(CCC)Cc1nc(-c2ccccc2)cs1. The average Bonchev–Trinajstić information content (AvgIpc) is 2.94. The summed E-state index contributed by atoms with van der Waals surface area (Å²) in [7, 11) is 0. The highest BCUT2D eigenvalue weighted by Gasteiger charge is 2.11.